The number of nitrogens with zero attached hydrogens (tertiary/aromatic N) is 2. The Kier molecular flexibility index (Phi) is 5.94. The number of carbonyl (C=O) groups is 1. The number of aryl methyl sites for hydroxylation is 1. The van der Waals surface area contributed by atoms with Crippen LogP contribution in [0.15, 0.2) is 53.3 Å². The van der Waals surface area contributed by atoms with Gasteiger partial charge in [0.15, 0.2) is 0 Å². The van der Waals surface area contributed by atoms with Crippen LogP contribution in [0.4, 0.5) is 11.6 Å². The van der Waals surface area contributed by atoms with E-state index in [0.717, 1.165) is 42.6 Å². The Hall–Kier alpha value is -3.39. The Labute approximate surface area is 174 Å². The van der Waals surface area contributed by atoms with Crippen molar-refractivity contribution in [2.24, 2.45) is 0 Å². The van der Waals surface area contributed by atoms with Crippen LogP contribution in [0.2, 0.25) is 0 Å². The van der Waals surface area contributed by atoms with Crippen molar-refractivity contribution in [3.8, 4) is 5.69 Å². The van der Waals surface area contributed by atoms with Crippen molar-refractivity contribution < 1.29 is 4.79 Å². The topological polar surface area (TPSA) is 104 Å². The van der Waals surface area contributed by atoms with E-state index < -0.39 is 0 Å². The van der Waals surface area contributed by atoms with Gasteiger partial charge < -0.3 is 16.0 Å². The summed E-state index contributed by atoms with van der Waals surface area (Å²) < 4.78 is 1.34. The van der Waals surface area contributed by atoms with Crippen molar-refractivity contribution >= 4 is 17.5 Å². The Morgan fingerprint density at radius 2 is 1.97 bits per heavy atom. The Balaban J connectivity index is 1.38. The second-order valence-corrected chi connectivity index (χ2v) is 7.57. The molecule has 156 valence electrons. The molecule has 1 amide bonds. The van der Waals surface area contributed by atoms with Gasteiger partial charge in [-0.25, -0.2) is 4.79 Å². The number of carbonyl (C=O) groups excluding carboxylic acids is 1. The maximum Gasteiger partial charge on any atom is 0.349 e. The molecule has 0 aliphatic carbocycles. The molecule has 1 fully saturated rings. The minimum Gasteiger partial charge on any atom is -0.355 e. The number of aromatic amines is 1. The van der Waals surface area contributed by atoms with Crippen molar-refractivity contribution in [3.05, 3.63) is 70.1 Å². The molecule has 8 nitrogen and oxygen atoms in total. The molecule has 1 aliphatic rings. The summed E-state index contributed by atoms with van der Waals surface area (Å²) in [6.45, 7) is 3.36. The Morgan fingerprint density at radius 1 is 1.13 bits per heavy atom. The molecule has 1 aliphatic heterocycles. The second-order valence-electron chi connectivity index (χ2n) is 7.57. The summed E-state index contributed by atoms with van der Waals surface area (Å²) in [6, 6.07) is 15.3. The van der Waals surface area contributed by atoms with E-state index >= 15 is 0 Å². The fourth-order valence-corrected chi connectivity index (χ4v) is 3.53. The number of aromatic nitrogens is 3. The molecule has 4 N–H and O–H groups in total. The molecule has 1 aromatic heterocycles. The van der Waals surface area contributed by atoms with Gasteiger partial charge in [0, 0.05) is 18.8 Å². The van der Waals surface area contributed by atoms with Gasteiger partial charge in [0.05, 0.1) is 11.7 Å². The van der Waals surface area contributed by atoms with Crippen LogP contribution in [0.1, 0.15) is 30.4 Å². The van der Waals surface area contributed by atoms with Crippen molar-refractivity contribution in [1.82, 2.24) is 25.4 Å². The smallest absolute Gasteiger partial charge is 0.349 e. The van der Waals surface area contributed by atoms with Gasteiger partial charge in [-0.15, -0.1) is 5.10 Å². The van der Waals surface area contributed by atoms with Crippen molar-refractivity contribution in [2.75, 3.05) is 11.9 Å². The predicted octanol–water partition coefficient (Wildman–Crippen LogP) is 2.37. The van der Waals surface area contributed by atoms with Crippen LogP contribution in [0, 0.1) is 6.92 Å². The summed E-state index contributed by atoms with van der Waals surface area (Å²) in [7, 11) is 0. The monoisotopic (exact) mass is 406 g/mol. The number of hydrogen-bond acceptors (Lipinski definition) is 5. The number of benzene rings is 2. The van der Waals surface area contributed by atoms with E-state index in [9.17, 15) is 9.59 Å². The molecule has 2 aromatic carbocycles. The van der Waals surface area contributed by atoms with E-state index in [2.05, 4.69) is 26.0 Å². The number of hydrogen-bond donors (Lipinski definition) is 4. The van der Waals surface area contributed by atoms with Crippen molar-refractivity contribution in [3.63, 3.8) is 0 Å². The van der Waals surface area contributed by atoms with Gasteiger partial charge in [-0.05, 0) is 61.6 Å². The van der Waals surface area contributed by atoms with E-state index in [1.165, 1.54) is 4.68 Å². The number of H-pyrrole nitrogens is 1. The molecule has 0 spiro atoms. The first-order valence-corrected chi connectivity index (χ1v) is 10.2. The highest BCUT2D eigenvalue weighted by atomic mass is 16.2. The first-order chi connectivity index (χ1) is 14.6. The van der Waals surface area contributed by atoms with Crippen LogP contribution in [0.3, 0.4) is 0 Å². The van der Waals surface area contributed by atoms with Crippen molar-refractivity contribution in [2.45, 2.75) is 38.8 Å². The van der Waals surface area contributed by atoms with Gasteiger partial charge in [0.2, 0.25) is 11.9 Å². The molecule has 0 radical (unpaired) electrons. The first-order valence-electron chi connectivity index (χ1n) is 10.2. The fraction of sp³-hybridized carbons (Fsp3) is 0.318. The van der Waals surface area contributed by atoms with Gasteiger partial charge in [-0.3, -0.25) is 9.78 Å². The van der Waals surface area contributed by atoms with E-state index in [4.69, 9.17) is 0 Å². The normalized spacial score (nSPS) is 16.7. The zero-order valence-corrected chi connectivity index (χ0v) is 16.9. The summed E-state index contributed by atoms with van der Waals surface area (Å²) in [6.07, 6.45) is 2.95. The lowest BCUT2D eigenvalue weighted by atomic mass is 10.1. The molecule has 30 heavy (non-hydrogen) atoms. The highest BCUT2D eigenvalue weighted by Gasteiger charge is 2.19. The fourth-order valence-electron chi connectivity index (χ4n) is 3.53. The molecule has 8 heteroatoms. The molecular weight excluding hydrogens is 380 g/mol. The van der Waals surface area contributed by atoms with Crippen LogP contribution in [-0.2, 0) is 11.3 Å². The molecule has 1 saturated heterocycles. The van der Waals surface area contributed by atoms with Gasteiger partial charge in [-0.2, -0.15) is 4.68 Å². The predicted molar refractivity (Wildman–Crippen MR) is 116 cm³/mol. The second kappa shape index (κ2) is 8.96. The maximum atomic E-state index is 12.2. The van der Waals surface area contributed by atoms with Crippen LogP contribution < -0.4 is 21.6 Å². The molecule has 3 aromatic rings. The standard InChI is InChI=1S/C22H26N6O2/c1-15-5-4-6-18(13-15)28-22(30)26-21(27-28)25-17-10-8-16(9-11-17)14-24-19-7-2-3-12-23-20(19)29/h4-6,8-11,13,19,24H,2-3,7,12,14H2,1H3,(H,23,29)(H2,25,26,27,30). The zero-order valence-electron chi connectivity index (χ0n) is 16.9. The lowest BCUT2D eigenvalue weighted by Gasteiger charge is -2.15. The highest BCUT2D eigenvalue weighted by molar-refractivity contribution is 5.81. The van der Waals surface area contributed by atoms with E-state index in [1.807, 2.05) is 55.5 Å². The van der Waals surface area contributed by atoms with Gasteiger partial charge in [0.1, 0.15) is 0 Å². The quantitative estimate of drug-likeness (QED) is 0.503. The number of nitrogens with one attached hydrogen (secondary N) is 4. The molecule has 1 atom stereocenters. The third-order valence-electron chi connectivity index (χ3n) is 5.17. The minimum atomic E-state index is -0.300. The Bertz CT molecular complexity index is 1070. The van der Waals surface area contributed by atoms with Gasteiger partial charge in [0.25, 0.3) is 0 Å². The minimum absolute atomic E-state index is 0.0823. The number of anilines is 2. The lowest BCUT2D eigenvalue weighted by Crippen LogP contribution is -2.42. The third kappa shape index (κ3) is 4.77. The van der Waals surface area contributed by atoms with Gasteiger partial charge in [-0.1, -0.05) is 24.3 Å². The lowest BCUT2D eigenvalue weighted by molar-refractivity contribution is -0.122. The van der Waals surface area contributed by atoms with Crippen LogP contribution in [-0.4, -0.2) is 33.3 Å². The van der Waals surface area contributed by atoms with Crippen LogP contribution in [0.25, 0.3) is 5.69 Å². The summed E-state index contributed by atoms with van der Waals surface area (Å²) >= 11 is 0. The molecule has 2 heterocycles. The van der Waals surface area contributed by atoms with E-state index in [0.29, 0.717) is 18.2 Å². The largest absolute Gasteiger partial charge is 0.355 e. The molecule has 4 rings (SSSR count). The average Bonchev–Trinajstić information content (AvgIpc) is 2.97. The first kappa shape index (κ1) is 19.9. The third-order valence-corrected chi connectivity index (χ3v) is 5.17. The van der Waals surface area contributed by atoms with E-state index in [1.54, 1.807) is 0 Å². The SMILES string of the molecule is Cc1cccc(-n2nc(Nc3ccc(CNC4CCCCNC4=O)cc3)[nH]c2=O)c1. The molecular formula is C22H26N6O2. The van der Waals surface area contributed by atoms with Gasteiger partial charge >= 0.3 is 5.69 Å². The molecule has 0 saturated carbocycles. The van der Waals surface area contributed by atoms with Crippen molar-refractivity contribution in [1.29, 1.82) is 0 Å². The van der Waals surface area contributed by atoms with E-state index in [-0.39, 0.29) is 17.6 Å². The Morgan fingerprint density at radius 3 is 2.77 bits per heavy atom. The highest BCUT2D eigenvalue weighted by Crippen LogP contribution is 2.15. The van der Waals surface area contributed by atoms with Crippen LogP contribution in [0.5, 0.6) is 0 Å². The zero-order chi connectivity index (χ0) is 20.9. The number of rotatable bonds is 6. The maximum absolute atomic E-state index is 12.2. The summed E-state index contributed by atoms with van der Waals surface area (Å²) in [5.74, 6) is 0.460. The molecule has 0 bridgehead atoms. The molecule has 1 unspecified atom stereocenters. The summed E-state index contributed by atoms with van der Waals surface area (Å²) in [5.41, 5.74) is 3.37. The summed E-state index contributed by atoms with van der Waals surface area (Å²) in [4.78, 5) is 27.0. The average molecular weight is 406 g/mol. The summed E-state index contributed by atoms with van der Waals surface area (Å²) in [5, 5.41) is 13.7. The van der Waals surface area contributed by atoms with Crippen LogP contribution >= 0.6 is 0 Å². The number of amides is 1.